The molecule has 14 heavy (non-hydrogen) atoms. The maximum absolute atomic E-state index is 5.20. The van der Waals surface area contributed by atoms with E-state index in [9.17, 15) is 0 Å². The first-order chi connectivity index (χ1) is 6.75. The van der Waals surface area contributed by atoms with Crippen LogP contribution in [0.2, 0.25) is 0 Å². The first-order valence-electron chi connectivity index (χ1n) is 4.51. The van der Waals surface area contributed by atoms with E-state index in [2.05, 4.69) is 10.4 Å². The Kier molecular flexibility index (Phi) is 2.26. The van der Waals surface area contributed by atoms with Crippen molar-refractivity contribution in [3.63, 3.8) is 0 Å². The zero-order valence-electron chi connectivity index (χ0n) is 8.32. The fraction of sp³-hybridized carbons (Fsp3) is 0.300. The fourth-order valence-corrected chi connectivity index (χ4v) is 1.30. The average Bonchev–Trinajstić information content (AvgIpc) is 2.72. The molecule has 0 unspecified atom stereocenters. The summed E-state index contributed by atoms with van der Waals surface area (Å²) in [6.07, 6.45) is 5.44. The van der Waals surface area contributed by atoms with Gasteiger partial charge in [-0.1, -0.05) is 0 Å². The maximum atomic E-state index is 5.20. The summed E-state index contributed by atoms with van der Waals surface area (Å²) in [7, 11) is 1.90. The van der Waals surface area contributed by atoms with Crippen molar-refractivity contribution in [1.29, 1.82) is 0 Å². The lowest BCUT2D eigenvalue weighted by Crippen LogP contribution is -1.98. The van der Waals surface area contributed by atoms with E-state index in [1.54, 1.807) is 17.1 Å². The predicted molar refractivity (Wildman–Crippen MR) is 54.0 cm³/mol. The number of hydrogen-bond acceptors (Lipinski definition) is 3. The van der Waals surface area contributed by atoms with Gasteiger partial charge in [-0.25, -0.2) is 0 Å². The van der Waals surface area contributed by atoms with Crippen molar-refractivity contribution in [2.75, 3.05) is 5.32 Å². The Labute approximate surface area is 82.5 Å². The van der Waals surface area contributed by atoms with Gasteiger partial charge in [0.15, 0.2) is 0 Å². The van der Waals surface area contributed by atoms with Gasteiger partial charge in [0.25, 0.3) is 0 Å². The van der Waals surface area contributed by atoms with Gasteiger partial charge in [0, 0.05) is 25.4 Å². The molecular weight excluding hydrogens is 178 g/mol. The molecule has 74 valence electrons. The lowest BCUT2D eigenvalue weighted by Gasteiger charge is -2.00. The topological polar surface area (TPSA) is 43.0 Å². The summed E-state index contributed by atoms with van der Waals surface area (Å²) in [5.74, 6) is 0.960. The Hall–Kier alpha value is -1.71. The minimum Gasteiger partial charge on any atom is -0.469 e. The van der Waals surface area contributed by atoms with Crippen molar-refractivity contribution in [3.8, 4) is 0 Å². The Morgan fingerprint density at radius 2 is 2.43 bits per heavy atom. The van der Waals surface area contributed by atoms with Crippen LogP contribution in [0.5, 0.6) is 0 Å². The van der Waals surface area contributed by atoms with Crippen LogP contribution in [0.25, 0.3) is 0 Å². The Morgan fingerprint density at radius 3 is 3.00 bits per heavy atom. The number of hydrogen-bond donors (Lipinski definition) is 1. The third kappa shape index (κ3) is 1.79. The summed E-state index contributed by atoms with van der Waals surface area (Å²) < 4.78 is 6.97. The van der Waals surface area contributed by atoms with Gasteiger partial charge in [0.2, 0.25) is 0 Å². The minimum atomic E-state index is 0.772. The van der Waals surface area contributed by atoms with Crippen LogP contribution in [0.4, 0.5) is 5.69 Å². The normalized spacial score (nSPS) is 10.4. The van der Waals surface area contributed by atoms with Gasteiger partial charge in [0.05, 0.1) is 18.1 Å². The van der Waals surface area contributed by atoms with E-state index in [1.807, 2.05) is 26.2 Å². The van der Waals surface area contributed by atoms with Crippen molar-refractivity contribution in [2.24, 2.45) is 7.05 Å². The van der Waals surface area contributed by atoms with Crippen LogP contribution in [0, 0.1) is 6.92 Å². The summed E-state index contributed by atoms with van der Waals surface area (Å²) in [5, 5.41) is 7.34. The molecule has 2 rings (SSSR count). The van der Waals surface area contributed by atoms with E-state index in [-0.39, 0.29) is 0 Å². The van der Waals surface area contributed by atoms with Gasteiger partial charge in [-0.05, 0) is 13.0 Å². The molecule has 4 nitrogen and oxygen atoms in total. The largest absolute Gasteiger partial charge is 0.469 e. The monoisotopic (exact) mass is 191 g/mol. The van der Waals surface area contributed by atoms with Crippen LogP contribution in [0.15, 0.2) is 29.1 Å². The highest BCUT2D eigenvalue weighted by molar-refractivity contribution is 5.39. The van der Waals surface area contributed by atoms with Gasteiger partial charge in [0.1, 0.15) is 5.76 Å². The van der Waals surface area contributed by atoms with Gasteiger partial charge < -0.3 is 9.73 Å². The van der Waals surface area contributed by atoms with Crippen LogP contribution >= 0.6 is 0 Å². The molecule has 0 atom stereocenters. The predicted octanol–water partition coefficient (Wildman–Crippen LogP) is 1.93. The lowest BCUT2D eigenvalue weighted by molar-refractivity contribution is 0.530. The minimum absolute atomic E-state index is 0.772. The summed E-state index contributed by atoms with van der Waals surface area (Å²) in [6.45, 7) is 2.73. The zero-order valence-corrected chi connectivity index (χ0v) is 8.32. The van der Waals surface area contributed by atoms with Crippen LogP contribution in [-0.4, -0.2) is 9.78 Å². The van der Waals surface area contributed by atoms with Crippen molar-refractivity contribution >= 4 is 5.69 Å². The van der Waals surface area contributed by atoms with Gasteiger partial charge in [-0.15, -0.1) is 0 Å². The number of nitrogens with zero attached hydrogens (tertiary/aromatic N) is 2. The highest BCUT2D eigenvalue weighted by atomic mass is 16.3. The molecule has 0 spiro atoms. The zero-order chi connectivity index (χ0) is 9.97. The standard InChI is InChI=1S/C10H13N3O/c1-8-9(3-4-14-8)5-11-10-6-12-13(2)7-10/h3-4,6-7,11H,5H2,1-2H3. The highest BCUT2D eigenvalue weighted by Gasteiger charge is 2.01. The molecule has 0 aliphatic heterocycles. The van der Waals surface area contributed by atoms with E-state index in [4.69, 9.17) is 4.42 Å². The molecule has 1 N–H and O–H groups in total. The van der Waals surface area contributed by atoms with E-state index in [0.29, 0.717) is 0 Å². The molecule has 2 heterocycles. The number of aryl methyl sites for hydroxylation is 2. The fourth-order valence-electron chi connectivity index (χ4n) is 1.30. The molecule has 0 saturated heterocycles. The molecule has 0 fully saturated rings. The maximum Gasteiger partial charge on any atom is 0.105 e. The number of anilines is 1. The number of rotatable bonds is 3. The molecule has 0 saturated carbocycles. The Morgan fingerprint density at radius 1 is 1.57 bits per heavy atom. The van der Waals surface area contributed by atoms with Crippen molar-refractivity contribution in [1.82, 2.24) is 9.78 Å². The second kappa shape index (κ2) is 3.57. The molecule has 4 heteroatoms. The first kappa shape index (κ1) is 8.87. The Bertz CT molecular complexity index is 416. The van der Waals surface area contributed by atoms with Crippen LogP contribution < -0.4 is 5.32 Å². The van der Waals surface area contributed by atoms with Crippen molar-refractivity contribution in [2.45, 2.75) is 13.5 Å². The number of furan rings is 1. The summed E-state index contributed by atoms with van der Waals surface area (Å²) in [4.78, 5) is 0. The summed E-state index contributed by atoms with van der Waals surface area (Å²) >= 11 is 0. The second-order valence-corrected chi connectivity index (χ2v) is 3.26. The molecule has 0 aliphatic carbocycles. The molecule has 0 bridgehead atoms. The number of nitrogens with one attached hydrogen (secondary N) is 1. The van der Waals surface area contributed by atoms with Gasteiger partial charge in [-0.3, -0.25) is 4.68 Å². The van der Waals surface area contributed by atoms with Crippen LogP contribution in [0.1, 0.15) is 11.3 Å². The molecule has 0 aromatic carbocycles. The number of aromatic nitrogens is 2. The van der Waals surface area contributed by atoms with Crippen molar-refractivity contribution < 1.29 is 4.42 Å². The third-order valence-electron chi connectivity index (χ3n) is 2.15. The lowest BCUT2D eigenvalue weighted by atomic mass is 10.2. The summed E-state index contributed by atoms with van der Waals surface area (Å²) in [5.41, 5.74) is 2.20. The molecular formula is C10H13N3O. The molecule has 0 aliphatic rings. The van der Waals surface area contributed by atoms with E-state index < -0.39 is 0 Å². The molecule has 0 amide bonds. The second-order valence-electron chi connectivity index (χ2n) is 3.26. The van der Waals surface area contributed by atoms with E-state index in [0.717, 1.165) is 18.0 Å². The van der Waals surface area contributed by atoms with E-state index in [1.165, 1.54) is 5.56 Å². The molecule has 2 aromatic rings. The average molecular weight is 191 g/mol. The van der Waals surface area contributed by atoms with Crippen LogP contribution in [-0.2, 0) is 13.6 Å². The van der Waals surface area contributed by atoms with Crippen molar-refractivity contribution in [3.05, 3.63) is 36.0 Å². The smallest absolute Gasteiger partial charge is 0.105 e. The Balaban J connectivity index is 1.98. The van der Waals surface area contributed by atoms with Crippen LogP contribution in [0.3, 0.4) is 0 Å². The SMILES string of the molecule is Cc1occc1CNc1cnn(C)c1. The molecule has 2 aromatic heterocycles. The summed E-state index contributed by atoms with van der Waals surface area (Å²) in [6, 6.07) is 1.97. The third-order valence-corrected chi connectivity index (χ3v) is 2.15. The first-order valence-corrected chi connectivity index (χ1v) is 4.51. The van der Waals surface area contributed by atoms with Gasteiger partial charge >= 0.3 is 0 Å². The van der Waals surface area contributed by atoms with E-state index >= 15 is 0 Å². The molecule has 0 radical (unpaired) electrons. The highest BCUT2D eigenvalue weighted by Crippen LogP contribution is 2.11. The quantitative estimate of drug-likeness (QED) is 0.806. The van der Waals surface area contributed by atoms with Gasteiger partial charge in [-0.2, -0.15) is 5.10 Å².